The zero-order valence-electron chi connectivity index (χ0n) is 12.2. The van der Waals surface area contributed by atoms with Crippen molar-refractivity contribution in [1.82, 2.24) is 9.97 Å². The summed E-state index contributed by atoms with van der Waals surface area (Å²) in [6, 6.07) is 4.21. The minimum atomic E-state index is 0.426. The number of nitrogens with two attached hydrogens (primary N) is 1. The summed E-state index contributed by atoms with van der Waals surface area (Å²) in [4.78, 5) is 11.0. The van der Waals surface area contributed by atoms with E-state index in [1.165, 1.54) is 0 Å². The molecule has 0 saturated carbocycles. The summed E-state index contributed by atoms with van der Waals surface area (Å²) in [6.45, 7) is 6.55. The number of hydrogen-bond donors (Lipinski definition) is 1. The second-order valence-electron chi connectivity index (χ2n) is 5.21. The lowest BCUT2D eigenvalue weighted by Gasteiger charge is -2.29. The second kappa shape index (κ2) is 5.19. The lowest BCUT2D eigenvalue weighted by molar-refractivity contribution is 0.122. The Morgan fingerprint density at radius 1 is 1.29 bits per heavy atom. The van der Waals surface area contributed by atoms with Crippen LogP contribution in [-0.2, 0) is 4.74 Å². The van der Waals surface area contributed by atoms with Crippen molar-refractivity contribution in [2.24, 2.45) is 0 Å². The minimum Gasteiger partial charge on any atom is -0.383 e. The first kappa shape index (κ1) is 13.6. The first-order valence-electron chi connectivity index (χ1n) is 6.92. The molecule has 2 N–H and O–H groups in total. The van der Waals surface area contributed by atoms with Crippen molar-refractivity contribution in [1.29, 1.82) is 5.26 Å². The standard InChI is InChI=1S/C15H17N5O/c1-9-7-10(2)18-13-11(8-16)15(19-14(17)12(9)13)20-3-5-21-6-4-20/h7H,3-6H2,1-2H3,(H2,17,19). The molecule has 2 aromatic rings. The van der Waals surface area contributed by atoms with Gasteiger partial charge in [-0.05, 0) is 25.5 Å². The topological polar surface area (TPSA) is 88.1 Å². The van der Waals surface area contributed by atoms with Crippen LogP contribution < -0.4 is 10.6 Å². The van der Waals surface area contributed by atoms with Crippen molar-refractivity contribution in [3.05, 3.63) is 22.9 Å². The zero-order valence-corrected chi connectivity index (χ0v) is 12.2. The van der Waals surface area contributed by atoms with E-state index in [1.54, 1.807) is 0 Å². The van der Waals surface area contributed by atoms with Gasteiger partial charge < -0.3 is 15.4 Å². The molecule has 21 heavy (non-hydrogen) atoms. The molecule has 1 aliphatic heterocycles. The van der Waals surface area contributed by atoms with Gasteiger partial charge in [0, 0.05) is 24.2 Å². The number of pyridine rings is 2. The van der Waals surface area contributed by atoms with E-state index in [9.17, 15) is 5.26 Å². The lowest BCUT2D eigenvalue weighted by Crippen LogP contribution is -2.37. The number of hydrogen-bond acceptors (Lipinski definition) is 6. The van der Waals surface area contributed by atoms with Crippen molar-refractivity contribution < 1.29 is 4.74 Å². The zero-order chi connectivity index (χ0) is 15.0. The van der Waals surface area contributed by atoms with Crippen molar-refractivity contribution in [3.8, 4) is 6.07 Å². The number of anilines is 2. The van der Waals surface area contributed by atoms with Crippen molar-refractivity contribution in [2.45, 2.75) is 13.8 Å². The summed E-state index contributed by atoms with van der Waals surface area (Å²) in [5.41, 5.74) is 9.12. The highest BCUT2D eigenvalue weighted by atomic mass is 16.5. The molecule has 1 fully saturated rings. The predicted molar refractivity (Wildman–Crippen MR) is 81.2 cm³/mol. The quantitative estimate of drug-likeness (QED) is 0.854. The van der Waals surface area contributed by atoms with Gasteiger partial charge in [0.05, 0.1) is 18.7 Å². The summed E-state index contributed by atoms with van der Waals surface area (Å²) in [6.07, 6.45) is 0. The molecule has 0 spiro atoms. The average Bonchev–Trinajstić information content (AvgIpc) is 2.47. The molecule has 0 amide bonds. The minimum absolute atomic E-state index is 0.426. The summed E-state index contributed by atoms with van der Waals surface area (Å²) < 4.78 is 5.35. The first-order chi connectivity index (χ1) is 10.1. The second-order valence-corrected chi connectivity index (χ2v) is 5.21. The summed E-state index contributed by atoms with van der Waals surface area (Å²) >= 11 is 0. The van der Waals surface area contributed by atoms with E-state index in [4.69, 9.17) is 10.5 Å². The molecule has 108 valence electrons. The molecular weight excluding hydrogens is 266 g/mol. The maximum absolute atomic E-state index is 9.59. The third-order valence-electron chi connectivity index (χ3n) is 3.71. The van der Waals surface area contributed by atoms with Crippen LogP contribution in [0.2, 0.25) is 0 Å². The highest BCUT2D eigenvalue weighted by molar-refractivity contribution is 5.97. The van der Waals surface area contributed by atoms with E-state index < -0.39 is 0 Å². The molecule has 3 rings (SSSR count). The molecule has 2 aromatic heterocycles. The maximum atomic E-state index is 9.59. The van der Waals surface area contributed by atoms with E-state index in [2.05, 4.69) is 16.0 Å². The van der Waals surface area contributed by atoms with Crippen LogP contribution in [0.1, 0.15) is 16.8 Å². The third-order valence-corrected chi connectivity index (χ3v) is 3.71. The monoisotopic (exact) mass is 283 g/mol. The number of morpholine rings is 1. The molecule has 3 heterocycles. The van der Waals surface area contributed by atoms with Gasteiger partial charge >= 0.3 is 0 Å². The predicted octanol–water partition coefficient (Wildman–Crippen LogP) is 1.54. The van der Waals surface area contributed by atoms with Crippen LogP contribution in [0.25, 0.3) is 10.9 Å². The fourth-order valence-corrected chi connectivity index (χ4v) is 2.78. The molecule has 0 unspecified atom stereocenters. The summed E-state index contributed by atoms with van der Waals surface area (Å²) in [7, 11) is 0. The van der Waals surface area contributed by atoms with Gasteiger partial charge in [0.2, 0.25) is 0 Å². The highest BCUT2D eigenvalue weighted by Gasteiger charge is 2.21. The molecule has 0 radical (unpaired) electrons. The number of aromatic nitrogens is 2. The van der Waals surface area contributed by atoms with Crippen LogP contribution in [0.4, 0.5) is 11.6 Å². The molecule has 1 saturated heterocycles. The molecule has 6 heteroatoms. The number of fused-ring (bicyclic) bond motifs is 1. The average molecular weight is 283 g/mol. The fourth-order valence-electron chi connectivity index (χ4n) is 2.78. The van der Waals surface area contributed by atoms with Crippen LogP contribution in [0.15, 0.2) is 6.07 Å². The van der Waals surface area contributed by atoms with Gasteiger partial charge in [0.15, 0.2) is 5.82 Å². The molecule has 0 aromatic carbocycles. The molecular formula is C15H17N5O. The van der Waals surface area contributed by atoms with Crippen LogP contribution in [0.3, 0.4) is 0 Å². The molecule has 0 atom stereocenters. The van der Waals surface area contributed by atoms with Gasteiger partial charge in [-0.1, -0.05) is 0 Å². The van der Waals surface area contributed by atoms with E-state index in [-0.39, 0.29) is 0 Å². The van der Waals surface area contributed by atoms with Crippen LogP contribution in [-0.4, -0.2) is 36.3 Å². The van der Waals surface area contributed by atoms with E-state index >= 15 is 0 Å². The molecule has 1 aliphatic rings. The van der Waals surface area contributed by atoms with Crippen molar-refractivity contribution in [2.75, 3.05) is 36.9 Å². The number of aryl methyl sites for hydroxylation is 2. The van der Waals surface area contributed by atoms with Gasteiger partial charge in [-0.15, -0.1) is 0 Å². The molecule has 0 bridgehead atoms. The van der Waals surface area contributed by atoms with Gasteiger partial charge in [0.1, 0.15) is 17.5 Å². The van der Waals surface area contributed by atoms with Crippen LogP contribution in [0, 0.1) is 25.2 Å². The number of nitrogen functional groups attached to an aromatic ring is 1. The third kappa shape index (κ3) is 2.26. The Hall–Kier alpha value is -2.39. The van der Waals surface area contributed by atoms with Gasteiger partial charge in [-0.2, -0.15) is 5.26 Å². The Bertz CT molecular complexity index is 744. The summed E-state index contributed by atoms with van der Waals surface area (Å²) in [5.74, 6) is 1.04. The fraction of sp³-hybridized carbons (Fsp3) is 0.400. The van der Waals surface area contributed by atoms with Crippen molar-refractivity contribution >= 4 is 22.5 Å². The highest BCUT2D eigenvalue weighted by Crippen LogP contribution is 2.31. The lowest BCUT2D eigenvalue weighted by atomic mass is 10.1. The van der Waals surface area contributed by atoms with E-state index in [0.717, 1.165) is 16.6 Å². The van der Waals surface area contributed by atoms with E-state index in [1.807, 2.05) is 24.8 Å². The van der Waals surface area contributed by atoms with Crippen molar-refractivity contribution in [3.63, 3.8) is 0 Å². The van der Waals surface area contributed by atoms with Crippen LogP contribution >= 0.6 is 0 Å². The number of nitrogens with zero attached hydrogens (tertiary/aromatic N) is 4. The Labute approximate surface area is 123 Å². The van der Waals surface area contributed by atoms with Gasteiger partial charge in [-0.25, -0.2) is 4.98 Å². The SMILES string of the molecule is Cc1cc(C)c2c(N)nc(N3CCOCC3)c(C#N)c2n1. The number of nitriles is 1. The van der Waals surface area contributed by atoms with E-state index in [0.29, 0.717) is 49.0 Å². The van der Waals surface area contributed by atoms with Gasteiger partial charge in [0.25, 0.3) is 0 Å². The molecule has 0 aliphatic carbocycles. The van der Waals surface area contributed by atoms with Crippen LogP contribution in [0.5, 0.6) is 0 Å². The van der Waals surface area contributed by atoms with Gasteiger partial charge in [-0.3, -0.25) is 4.98 Å². The number of rotatable bonds is 1. The maximum Gasteiger partial charge on any atom is 0.151 e. The smallest absolute Gasteiger partial charge is 0.151 e. The normalized spacial score (nSPS) is 15.2. The first-order valence-corrected chi connectivity index (χ1v) is 6.92. The number of ether oxygens (including phenoxy) is 1. The Morgan fingerprint density at radius 2 is 2.00 bits per heavy atom. The summed E-state index contributed by atoms with van der Waals surface area (Å²) in [5, 5.41) is 10.4. The Kier molecular flexibility index (Phi) is 3.35. The largest absolute Gasteiger partial charge is 0.383 e. The Morgan fingerprint density at radius 3 is 2.67 bits per heavy atom. The Balaban J connectivity index is 2.29. The molecule has 6 nitrogen and oxygen atoms in total.